The van der Waals surface area contributed by atoms with Gasteiger partial charge in [-0.25, -0.2) is 0 Å². The maximum Gasteiger partial charge on any atom is 0.293 e. The molecule has 2 rings (SSSR count). The minimum absolute atomic E-state index is 0.0815. The van der Waals surface area contributed by atoms with E-state index in [0.29, 0.717) is 30.0 Å². The second-order valence-electron chi connectivity index (χ2n) is 4.51. The third-order valence-electron chi connectivity index (χ3n) is 2.94. The molecule has 0 bridgehead atoms. The van der Waals surface area contributed by atoms with Gasteiger partial charge in [-0.1, -0.05) is 23.2 Å². The summed E-state index contributed by atoms with van der Waals surface area (Å²) in [7, 11) is 1.56. The van der Waals surface area contributed by atoms with E-state index in [-0.39, 0.29) is 26.9 Å². The lowest BCUT2D eigenvalue weighted by atomic mass is 10.2. The topological polar surface area (TPSA) is 66.8 Å². The molecule has 2 amide bonds. The van der Waals surface area contributed by atoms with Crippen LogP contribution < -0.4 is 0 Å². The zero-order chi connectivity index (χ0) is 16.3. The number of phenols is 1. The zero-order valence-electron chi connectivity index (χ0n) is 11.6. The number of thioether (sulfide) groups is 1. The lowest BCUT2D eigenvalue weighted by Gasteiger charge is -2.11. The van der Waals surface area contributed by atoms with Gasteiger partial charge in [0.2, 0.25) is 0 Å². The van der Waals surface area contributed by atoms with E-state index in [1.54, 1.807) is 7.11 Å². The van der Waals surface area contributed by atoms with E-state index in [1.165, 1.54) is 23.1 Å². The Bertz CT molecular complexity index is 625. The molecule has 0 spiro atoms. The third-order valence-corrected chi connectivity index (χ3v) is 4.42. The summed E-state index contributed by atoms with van der Waals surface area (Å²) in [4.78, 5) is 25.5. The number of methoxy groups -OCH3 is 1. The van der Waals surface area contributed by atoms with Gasteiger partial charge in [0.15, 0.2) is 5.75 Å². The van der Waals surface area contributed by atoms with Gasteiger partial charge in [-0.05, 0) is 42.0 Å². The number of imide groups is 1. The summed E-state index contributed by atoms with van der Waals surface area (Å²) in [5, 5.41) is 9.36. The SMILES string of the molecule is COCCCN1C(=O)S/C(=C\c2cc(Cl)c(O)c(Cl)c2)C1=O. The summed E-state index contributed by atoms with van der Waals surface area (Å²) in [6.07, 6.45) is 2.11. The van der Waals surface area contributed by atoms with Crippen LogP contribution in [-0.4, -0.2) is 41.4 Å². The van der Waals surface area contributed by atoms with Gasteiger partial charge in [-0.2, -0.15) is 0 Å². The van der Waals surface area contributed by atoms with Crippen LogP contribution in [0.5, 0.6) is 5.75 Å². The Kier molecular flexibility index (Phi) is 5.74. The lowest BCUT2D eigenvalue weighted by Crippen LogP contribution is -2.29. The Morgan fingerprint density at radius 3 is 2.55 bits per heavy atom. The molecule has 1 heterocycles. The first-order chi connectivity index (χ1) is 10.4. The standard InChI is InChI=1S/C14H13Cl2NO4S/c1-21-4-2-3-17-13(19)11(22-14(17)20)7-8-5-9(15)12(18)10(16)6-8/h5-7,18H,2-4H2,1H3/b11-7-. The molecule has 0 saturated carbocycles. The quantitative estimate of drug-likeness (QED) is 0.638. The number of halogens is 2. The molecule has 1 fully saturated rings. The van der Waals surface area contributed by atoms with Crippen LogP contribution in [0.2, 0.25) is 10.0 Å². The highest BCUT2D eigenvalue weighted by molar-refractivity contribution is 8.18. The van der Waals surface area contributed by atoms with E-state index >= 15 is 0 Å². The normalized spacial score (nSPS) is 16.9. The number of benzene rings is 1. The van der Waals surface area contributed by atoms with Crippen molar-refractivity contribution in [3.63, 3.8) is 0 Å². The van der Waals surface area contributed by atoms with Gasteiger partial charge in [-0.15, -0.1) is 0 Å². The molecule has 1 aromatic rings. The Balaban J connectivity index is 2.19. The lowest BCUT2D eigenvalue weighted by molar-refractivity contribution is -0.122. The van der Waals surface area contributed by atoms with Gasteiger partial charge >= 0.3 is 0 Å². The molecular weight excluding hydrogens is 349 g/mol. The van der Waals surface area contributed by atoms with Crippen molar-refractivity contribution in [2.75, 3.05) is 20.3 Å². The molecule has 22 heavy (non-hydrogen) atoms. The first kappa shape index (κ1) is 17.1. The van der Waals surface area contributed by atoms with Gasteiger partial charge in [0.05, 0.1) is 15.0 Å². The molecule has 0 unspecified atom stereocenters. The Morgan fingerprint density at radius 1 is 1.32 bits per heavy atom. The molecule has 1 N–H and O–H groups in total. The van der Waals surface area contributed by atoms with Crippen molar-refractivity contribution in [2.24, 2.45) is 0 Å². The van der Waals surface area contributed by atoms with E-state index in [1.807, 2.05) is 0 Å². The van der Waals surface area contributed by atoms with Crippen LogP contribution in [0.1, 0.15) is 12.0 Å². The van der Waals surface area contributed by atoms with Crippen LogP contribution in [0.25, 0.3) is 6.08 Å². The average Bonchev–Trinajstić information content (AvgIpc) is 2.72. The Labute approximate surface area is 141 Å². The van der Waals surface area contributed by atoms with Crippen molar-refractivity contribution in [1.82, 2.24) is 4.90 Å². The first-order valence-corrected chi connectivity index (χ1v) is 7.93. The van der Waals surface area contributed by atoms with Gasteiger partial charge in [-0.3, -0.25) is 14.5 Å². The fourth-order valence-electron chi connectivity index (χ4n) is 1.88. The molecule has 0 aromatic heterocycles. The Morgan fingerprint density at radius 2 is 1.95 bits per heavy atom. The average molecular weight is 362 g/mol. The number of carbonyl (C=O) groups is 2. The molecule has 1 aliphatic heterocycles. The molecule has 8 heteroatoms. The molecule has 1 saturated heterocycles. The Hall–Kier alpha value is -1.21. The van der Waals surface area contributed by atoms with Crippen molar-refractivity contribution in [3.05, 3.63) is 32.6 Å². The second-order valence-corrected chi connectivity index (χ2v) is 6.32. The second kappa shape index (κ2) is 7.37. The monoisotopic (exact) mass is 361 g/mol. The number of hydrogen-bond donors (Lipinski definition) is 1. The largest absolute Gasteiger partial charge is 0.505 e. The molecule has 1 aromatic carbocycles. The number of ether oxygens (including phenoxy) is 1. The van der Waals surface area contributed by atoms with E-state index in [0.717, 1.165) is 11.8 Å². The number of aromatic hydroxyl groups is 1. The maximum atomic E-state index is 12.2. The van der Waals surface area contributed by atoms with Gasteiger partial charge in [0.25, 0.3) is 11.1 Å². The van der Waals surface area contributed by atoms with E-state index in [2.05, 4.69) is 0 Å². The van der Waals surface area contributed by atoms with Gasteiger partial charge < -0.3 is 9.84 Å². The first-order valence-electron chi connectivity index (χ1n) is 6.36. The van der Waals surface area contributed by atoms with Gasteiger partial charge in [0, 0.05) is 20.3 Å². The molecule has 0 radical (unpaired) electrons. The van der Waals surface area contributed by atoms with Gasteiger partial charge in [0.1, 0.15) is 0 Å². The number of nitrogens with zero attached hydrogens (tertiary/aromatic N) is 1. The summed E-state index contributed by atoms with van der Waals surface area (Å²) in [6.45, 7) is 0.789. The summed E-state index contributed by atoms with van der Waals surface area (Å²) in [5.41, 5.74) is 0.537. The number of hydrogen-bond acceptors (Lipinski definition) is 5. The fourth-order valence-corrected chi connectivity index (χ4v) is 3.25. The van der Waals surface area contributed by atoms with Crippen molar-refractivity contribution in [1.29, 1.82) is 0 Å². The molecule has 0 atom stereocenters. The summed E-state index contributed by atoms with van der Waals surface area (Å²) in [6, 6.07) is 2.95. The third kappa shape index (κ3) is 3.76. The van der Waals surface area contributed by atoms with Crippen LogP contribution in [0.3, 0.4) is 0 Å². The molecule has 0 aliphatic carbocycles. The van der Waals surface area contributed by atoms with E-state index < -0.39 is 0 Å². The van der Waals surface area contributed by atoms with Crippen LogP contribution in [0.15, 0.2) is 17.0 Å². The summed E-state index contributed by atoms with van der Waals surface area (Å²) in [5.74, 6) is -0.570. The van der Waals surface area contributed by atoms with Crippen molar-refractivity contribution >= 4 is 52.2 Å². The van der Waals surface area contributed by atoms with E-state index in [9.17, 15) is 14.7 Å². The summed E-state index contributed by atoms with van der Waals surface area (Å²) >= 11 is 12.5. The minimum Gasteiger partial charge on any atom is -0.505 e. The van der Waals surface area contributed by atoms with Crippen molar-refractivity contribution in [2.45, 2.75) is 6.42 Å². The molecular formula is C14H13Cl2NO4S. The minimum atomic E-state index is -0.355. The number of phenolic OH excluding ortho intramolecular Hbond substituents is 1. The fraction of sp³-hybridized carbons (Fsp3) is 0.286. The predicted octanol–water partition coefficient (Wildman–Crippen LogP) is 3.77. The smallest absolute Gasteiger partial charge is 0.293 e. The van der Waals surface area contributed by atoms with E-state index in [4.69, 9.17) is 27.9 Å². The highest BCUT2D eigenvalue weighted by Crippen LogP contribution is 2.36. The van der Waals surface area contributed by atoms with Crippen LogP contribution in [-0.2, 0) is 9.53 Å². The molecule has 118 valence electrons. The van der Waals surface area contributed by atoms with Crippen molar-refractivity contribution < 1.29 is 19.4 Å². The molecule has 5 nitrogen and oxygen atoms in total. The van der Waals surface area contributed by atoms with Crippen molar-refractivity contribution in [3.8, 4) is 5.75 Å². The summed E-state index contributed by atoms with van der Waals surface area (Å²) < 4.78 is 4.91. The highest BCUT2D eigenvalue weighted by Gasteiger charge is 2.34. The number of carbonyl (C=O) groups excluding carboxylic acids is 2. The maximum absolute atomic E-state index is 12.2. The van der Waals surface area contributed by atoms with Crippen LogP contribution in [0.4, 0.5) is 4.79 Å². The van der Waals surface area contributed by atoms with Crippen LogP contribution >= 0.6 is 35.0 Å². The zero-order valence-corrected chi connectivity index (χ0v) is 14.0. The highest BCUT2D eigenvalue weighted by atomic mass is 35.5. The van der Waals surface area contributed by atoms with Crippen LogP contribution in [0, 0.1) is 0 Å². The number of amides is 2. The number of rotatable bonds is 5. The predicted molar refractivity (Wildman–Crippen MR) is 87.3 cm³/mol. The molecule has 1 aliphatic rings.